The second kappa shape index (κ2) is 6.93. The summed E-state index contributed by atoms with van der Waals surface area (Å²) >= 11 is 0. The number of nitrogen functional groups attached to an aromatic ring is 1. The van der Waals surface area contributed by atoms with Gasteiger partial charge in [0.1, 0.15) is 0 Å². The van der Waals surface area contributed by atoms with Crippen LogP contribution in [0.25, 0.3) is 11.0 Å². The van der Waals surface area contributed by atoms with Crippen molar-refractivity contribution in [2.24, 2.45) is 0 Å². The Labute approximate surface area is 166 Å². The third-order valence-electron chi connectivity index (χ3n) is 4.81. The lowest BCUT2D eigenvalue weighted by atomic mass is 10.0. The molecule has 0 atom stereocenters. The van der Waals surface area contributed by atoms with E-state index in [0.717, 1.165) is 28.0 Å². The summed E-state index contributed by atoms with van der Waals surface area (Å²) in [5.41, 5.74) is 10.9. The van der Waals surface area contributed by atoms with Crippen LogP contribution in [0, 0.1) is 13.8 Å². The molecule has 3 N–H and O–H groups in total. The Balaban J connectivity index is 2.20. The van der Waals surface area contributed by atoms with Crippen molar-refractivity contribution in [2.45, 2.75) is 59.9 Å². The number of hydrogen-bond acceptors (Lipinski definition) is 4. The second-order valence-electron chi connectivity index (χ2n) is 8.64. The van der Waals surface area contributed by atoms with Crippen LogP contribution in [0.1, 0.15) is 67.8 Å². The molecule has 3 aromatic rings. The fourth-order valence-corrected chi connectivity index (χ4v) is 3.21. The molecule has 0 radical (unpaired) electrons. The Morgan fingerprint density at radius 2 is 1.86 bits per heavy atom. The molecule has 0 unspecified atom stereocenters. The van der Waals surface area contributed by atoms with Gasteiger partial charge < -0.3 is 11.1 Å². The molecule has 28 heavy (non-hydrogen) atoms. The minimum absolute atomic E-state index is 0.181. The van der Waals surface area contributed by atoms with Gasteiger partial charge in [-0.25, -0.2) is 9.67 Å². The van der Waals surface area contributed by atoms with E-state index in [-0.39, 0.29) is 17.4 Å². The number of benzene rings is 1. The Hall–Kier alpha value is -2.89. The van der Waals surface area contributed by atoms with E-state index in [9.17, 15) is 4.79 Å². The quantitative estimate of drug-likeness (QED) is 0.642. The second-order valence-corrected chi connectivity index (χ2v) is 8.64. The number of rotatable bonds is 3. The maximum absolute atomic E-state index is 13.3. The zero-order valence-corrected chi connectivity index (χ0v) is 17.7. The highest BCUT2D eigenvalue weighted by molar-refractivity contribution is 6.13. The number of pyridine rings is 1. The molecule has 2 heterocycles. The SMILES string of the molecule is Cc1ccc(N)cc1NC(=O)c1cc(C(C)C)nc2c1c(C)nn2C(C)(C)C. The van der Waals surface area contributed by atoms with E-state index in [1.807, 2.05) is 36.7 Å². The zero-order valence-electron chi connectivity index (χ0n) is 17.7. The molecule has 0 saturated heterocycles. The van der Waals surface area contributed by atoms with Gasteiger partial charge >= 0.3 is 0 Å². The van der Waals surface area contributed by atoms with Crippen LogP contribution < -0.4 is 11.1 Å². The van der Waals surface area contributed by atoms with Crippen molar-refractivity contribution in [3.63, 3.8) is 0 Å². The standard InChI is InChI=1S/C22H29N5O/c1-12(2)17-11-16(21(28)25-18-10-15(23)9-8-13(18)3)19-14(4)26-27(20(19)24-17)22(5,6)7/h8-12H,23H2,1-7H3,(H,25,28). The van der Waals surface area contributed by atoms with Crippen molar-refractivity contribution in [1.29, 1.82) is 0 Å². The van der Waals surface area contributed by atoms with Crippen molar-refractivity contribution in [1.82, 2.24) is 14.8 Å². The Bertz CT molecular complexity index is 1060. The van der Waals surface area contributed by atoms with E-state index in [1.54, 1.807) is 6.07 Å². The maximum atomic E-state index is 13.3. The topological polar surface area (TPSA) is 85.8 Å². The van der Waals surface area contributed by atoms with Gasteiger partial charge in [-0.3, -0.25) is 4.79 Å². The molecule has 148 valence electrons. The molecule has 0 bridgehead atoms. The zero-order chi connectivity index (χ0) is 20.8. The summed E-state index contributed by atoms with van der Waals surface area (Å²) < 4.78 is 1.91. The predicted octanol–water partition coefficient (Wildman–Crippen LogP) is 4.76. The highest BCUT2D eigenvalue weighted by Crippen LogP contribution is 2.30. The van der Waals surface area contributed by atoms with E-state index in [2.05, 4.69) is 39.9 Å². The number of fused-ring (bicyclic) bond motifs is 1. The summed E-state index contributed by atoms with van der Waals surface area (Å²) in [6, 6.07) is 7.38. The number of nitrogens with zero attached hydrogens (tertiary/aromatic N) is 3. The van der Waals surface area contributed by atoms with Gasteiger partial charge in [0.15, 0.2) is 5.65 Å². The first-order valence-corrected chi connectivity index (χ1v) is 9.57. The smallest absolute Gasteiger partial charge is 0.256 e. The highest BCUT2D eigenvalue weighted by atomic mass is 16.1. The predicted molar refractivity (Wildman–Crippen MR) is 115 cm³/mol. The molecular weight excluding hydrogens is 350 g/mol. The van der Waals surface area contributed by atoms with Crippen molar-refractivity contribution in [3.8, 4) is 0 Å². The molecule has 6 heteroatoms. The van der Waals surface area contributed by atoms with Gasteiger partial charge in [-0.15, -0.1) is 0 Å². The van der Waals surface area contributed by atoms with Crippen LogP contribution in [0.3, 0.4) is 0 Å². The highest BCUT2D eigenvalue weighted by Gasteiger charge is 2.25. The number of aromatic nitrogens is 3. The summed E-state index contributed by atoms with van der Waals surface area (Å²) in [5, 5.41) is 8.50. The van der Waals surface area contributed by atoms with Crippen LogP contribution in [0.15, 0.2) is 24.3 Å². The Morgan fingerprint density at radius 1 is 1.18 bits per heavy atom. The molecule has 0 saturated carbocycles. The molecular formula is C22H29N5O. The summed E-state index contributed by atoms with van der Waals surface area (Å²) in [7, 11) is 0. The minimum Gasteiger partial charge on any atom is -0.399 e. The largest absolute Gasteiger partial charge is 0.399 e. The number of nitrogens with two attached hydrogens (primary N) is 1. The lowest BCUT2D eigenvalue weighted by Crippen LogP contribution is -2.24. The average Bonchev–Trinajstić information content (AvgIpc) is 2.94. The lowest BCUT2D eigenvalue weighted by molar-refractivity contribution is 0.102. The van der Waals surface area contributed by atoms with E-state index in [0.29, 0.717) is 16.9 Å². The molecule has 3 rings (SSSR count). The molecule has 1 amide bonds. The molecule has 6 nitrogen and oxygen atoms in total. The number of anilines is 2. The van der Waals surface area contributed by atoms with Gasteiger partial charge in [-0.2, -0.15) is 5.10 Å². The third kappa shape index (κ3) is 3.59. The first-order valence-electron chi connectivity index (χ1n) is 9.57. The van der Waals surface area contributed by atoms with E-state index >= 15 is 0 Å². The summed E-state index contributed by atoms with van der Waals surface area (Å²) in [6.45, 7) is 14.3. The molecule has 0 aliphatic heterocycles. The normalized spacial score (nSPS) is 12.0. The van der Waals surface area contributed by atoms with Crippen LogP contribution in [-0.2, 0) is 5.54 Å². The number of carbonyl (C=O) groups is 1. The van der Waals surface area contributed by atoms with Crippen LogP contribution in [-0.4, -0.2) is 20.7 Å². The number of nitrogens with one attached hydrogen (secondary N) is 1. The van der Waals surface area contributed by atoms with E-state index in [1.165, 1.54) is 0 Å². The first kappa shape index (κ1) is 19.9. The Kier molecular flexibility index (Phi) is 4.91. The van der Waals surface area contributed by atoms with Crippen LogP contribution in [0.4, 0.5) is 11.4 Å². The fraction of sp³-hybridized carbons (Fsp3) is 0.409. The van der Waals surface area contributed by atoms with E-state index < -0.39 is 0 Å². The Morgan fingerprint density at radius 3 is 2.46 bits per heavy atom. The van der Waals surface area contributed by atoms with Gasteiger partial charge in [-0.05, 0) is 64.3 Å². The summed E-state index contributed by atoms with van der Waals surface area (Å²) in [6.07, 6.45) is 0. The van der Waals surface area contributed by atoms with Crippen molar-refractivity contribution >= 4 is 28.3 Å². The third-order valence-corrected chi connectivity index (χ3v) is 4.81. The molecule has 0 aliphatic carbocycles. The van der Waals surface area contributed by atoms with Gasteiger partial charge in [0.2, 0.25) is 0 Å². The summed E-state index contributed by atoms with van der Waals surface area (Å²) in [5.74, 6) is 0.00763. The number of aryl methyl sites for hydroxylation is 2. The van der Waals surface area contributed by atoms with Crippen molar-refractivity contribution < 1.29 is 4.79 Å². The molecule has 2 aromatic heterocycles. The molecule has 0 aliphatic rings. The van der Waals surface area contributed by atoms with E-state index in [4.69, 9.17) is 15.8 Å². The van der Waals surface area contributed by atoms with Gasteiger partial charge in [0.05, 0.1) is 22.2 Å². The number of carbonyl (C=O) groups excluding carboxylic acids is 1. The molecule has 1 aromatic carbocycles. The number of hydrogen-bond donors (Lipinski definition) is 2. The van der Waals surface area contributed by atoms with Crippen molar-refractivity contribution in [2.75, 3.05) is 11.1 Å². The molecule has 0 spiro atoms. The maximum Gasteiger partial charge on any atom is 0.256 e. The van der Waals surface area contributed by atoms with Crippen LogP contribution in [0.5, 0.6) is 0 Å². The molecule has 0 fully saturated rings. The van der Waals surface area contributed by atoms with Crippen LogP contribution in [0.2, 0.25) is 0 Å². The average molecular weight is 380 g/mol. The van der Waals surface area contributed by atoms with Crippen molar-refractivity contribution in [3.05, 3.63) is 46.8 Å². The summed E-state index contributed by atoms with van der Waals surface area (Å²) in [4.78, 5) is 18.1. The number of amides is 1. The fourth-order valence-electron chi connectivity index (χ4n) is 3.21. The monoisotopic (exact) mass is 379 g/mol. The van der Waals surface area contributed by atoms with Gasteiger partial charge in [-0.1, -0.05) is 19.9 Å². The first-order chi connectivity index (χ1) is 13.0. The lowest BCUT2D eigenvalue weighted by Gasteiger charge is -2.20. The van der Waals surface area contributed by atoms with Crippen LogP contribution >= 0.6 is 0 Å². The minimum atomic E-state index is -0.243. The van der Waals surface area contributed by atoms with Gasteiger partial charge in [0.25, 0.3) is 5.91 Å². The van der Waals surface area contributed by atoms with Gasteiger partial charge in [0, 0.05) is 17.1 Å².